The molecule has 0 spiro atoms. The number of sulfone groups is 1. The molecule has 1 aliphatic rings. The molecule has 0 amide bonds. The van der Waals surface area contributed by atoms with Crippen LogP contribution >= 0.6 is 0 Å². The minimum Gasteiger partial charge on any atom is -0.388 e. The van der Waals surface area contributed by atoms with Crippen LogP contribution in [0.25, 0.3) is 0 Å². The van der Waals surface area contributed by atoms with E-state index in [9.17, 15) is 17.9 Å². The van der Waals surface area contributed by atoms with Crippen molar-refractivity contribution in [1.82, 2.24) is 0 Å². The summed E-state index contributed by atoms with van der Waals surface area (Å²) in [5.74, 6) is -0.498. The van der Waals surface area contributed by atoms with Gasteiger partial charge in [-0.05, 0) is 42.9 Å². The van der Waals surface area contributed by atoms with Crippen molar-refractivity contribution in [3.63, 3.8) is 0 Å². The van der Waals surface area contributed by atoms with Crippen LogP contribution in [0.15, 0.2) is 24.3 Å². The van der Waals surface area contributed by atoms with Gasteiger partial charge in [0, 0.05) is 6.26 Å². The first kappa shape index (κ1) is 14.5. The lowest BCUT2D eigenvalue weighted by Crippen LogP contribution is -2.30. The molecule has 0 heterocycles. The van der Waals surface area contributed by atoms with E-state index in [0.717, 1.165) is 12.8 Å². The van der Waals surface area contributed by atoms with E-state index in [2.05, 4.69) is 0 Å². The molecule has 2 rings (SSSR count). The Morgan fingerprint density at radius 3 is 2.74 bits per heavy atom. The van der Waals surface area contributed by atoms with Gasteiger partial charge in [-0.15, -0.1) is 0 Å². The van der Waals surface area contributed by atoms with Gasteiger partial charge in [0.15, 0.2) is 0 Å². The van der Waals surface area contributed by atoms with Crippen molar-refractivity contribution < 1.29 is 17.9 Å². The average molecular weight is 286 g/mol. The summed E-state index contributed by atoms with van der Waals surface area (Å²) in [5, 5.41) is 9.91. The van der Waals surface area contributed by atoms with E-state index in [1.54, 1.807) is 12.1 Å². The molecule has 1 aromatic carbocycles. The molecule has 1 aromatic rings. The van der Waals surface area contributed by atoms with Crippen LogP contribution in [0.1, 0.15) is 37.4 Å². The number of halogens is 1. The van der Waals surface area contributed by atoms with E-state index >= 15 is 0 Å². The molecular formula is C14H19FO3S. The molecule has 0 radical (unpaired) electrons. The van der Waals surface area contributed by atoms with E-state index in [4.69, 9.17) is 0 Å². The molecule has 0 saturated heterocycles. The Bertz CT molecular complexity index is 541. The highest BCUT2D eigenvalue weighted by Gasteiger charge is 2.32. The quantitative estimate of drug-likeness (QED) is 0.928. The van der Waals surface area contributed by atoms with E-state index < -0.39 is 15.9 Å². The zero-order valence-electron chi connectivity index (χ0n) is 10.9. The zero-order valence-corrected chi connectivity index (χ0v) is 11.7. The molecule has 0 aromatic heterocycles. The third-order valence-electron chi connectivity index (χ3n) is 3.91. The Hall–Kier alpha value is -0.940. The SMILES string of the molecule is CS(=O)(=O)C1CCCC(C(O)c2cccc(F)c2)C1. The van der Waals surface area contributed by atoms with Crippen LogP contribution in [0, 0.1) is 11.7 Å². The number of benzene rings is 1. The molecule has 106 valence electrons. The summed E-state index contributed by atoms with van der Waals surface area (Å²) in [6.07, 6.45) is 3.13. The molecule has 3 nitrogen and oxygen atoms in total. The molecule has 3 unspecified atom stereocenters. The van der Waals surface area contributed by atoms with E-state index in [1.807, 2.05) is 0 Å². The van der Waals surface area contributed by atoms with Gasteiger partial charge in [0.2, 0.25) is 0 Å². The van der Waals surface area contributed by atoms with Crippen LogP contribution < -0.4 is 0 Å². The minimum absolute atomic E-state index is 0.115. The fourth-order valence-electron chi connectivity index (χ4n) is 2.82. The van der Waals surface area contributed by atoms with Crippen molar-refractivity contribution in [2.75, 3.05) is 6.26 Å². The highest BCUT2D eigenvalue weighted by molar-refractivity contribution is 7.91. The maximum Gasteiger partial charge on any atom is 0.150 e. The van der Waals surface area contributed by atoms with E-state index in [0.29, 0.717) is 18.4 Å². The van der Waals surface area contributed by atoms with Crippen LogP contribution in [-0.2, 0) is 9.84 Å². The first-order valence-corrected chi connectivity index (χ1v) is 8.46. The maximum atomic E-state index is 13.2. The number of hydrogen-bond donors (Lipinski definition) is 1. The largest absolute Gasteiger partial charge is 0.388 e. The highest BCUT2D eigenvalue weighted by Crippen LogP contribution is 2.36. The van der Waals surface area contributed by atoms with Crippen molar-refractivity contribution in [2.24, 2.45) is 5.92 Å². The number of aliphatic hydroxyl groups excluding tert-OH is 1. The molecule has 5 heteroatoms. The number of rotatable bonds is 3. The molecule has 1 saturated carbocycles. The van der Waals surface area contributed by atoms with Crippen molar-refractivity contribution in [1.29, 1.82) is 0 Å². The van der Waals surface area contributed by atoms with E-state index in [-0.39, 0.29) is 17.0 Å². The van der Waals surface area contributed by atoms with Gasteiger partial charge in [0.05, 0.1) is 11.4 Å². The first-order valence-electron chi connectivity index (χ1n) is 6.50. The Morgan fingerprint density at radius 1 is 1.37 bits per heavy atom. The number of aliphatic hydroxyl groups is 1. The normalized spacial score (nSPS) is 26.1. The maximum absolute atomic E-state index is 13.2. The molecule has 1 aliphatic carbocycles. The second kappa shape index (κ2) is 5.59. The monoisotopic (exact) mass is 286 g/mol. The average Bonchev–Trinajstić information content (AvgIpc) is 2.37. The lowest BCUT2D eigenvalue weighted by atomic mass is 9.82. The van der Waals surface area contributed by atoms with Gasteiger partial charge >= 0.3 is 0 Å². The Labute approximate surface area is 113 Å². The van der Waals surface area contributed by atoms with Crippen LogP contribution in [-0.4, -0.2) is 25.0 Å². The van der Waals surface area contributed by atoms with Crippen molar-refractivity contribution >= 4 is 9.84 Å². The van der Waals surface area contributed by atoms with Gasteiger partial charge in [-0.2, -0.15) is 0 Å². The lowest BCUT2D eigenvalue weighted by Gasteiger charge is -2.31. The molecule has 0 bridgehead atoms. The molecule has 19 heavy (non-hydrogen) atoms. The Kier molecular flexibility index (Phi) is 4.26. The predicted molar refractivity (Wildman–Crippen MR) is 71.9 cm³/mol. The third-order valence-corrected chi connectivity index (χ3v) is 5.55. The third kappa shape index (κ3) is 3.54. The summed E-state index contributed by atoms with van der Waals surface area (Å²) in [5.41, 5.74) is 0.527. The molecule has 0 aliphatic heterocycles. The summed E-state index contributed by atoms with van der Waals surface area (Å²) < 4.78 is 36.4. The second-order valence-electron chi connectivity index (χ2n) is 5.38. The van der Waals surface area contributed by atoms with Crippen molar-refractivity contribution in [2.45, 2.75) is 37.0 Å². The first-order chi connectivity index (χ1) is 8.88. The van der Waals surface area contributed by atoms with Gasteiger partial charge in [-0.1, -0.05) is 18.6 Å². The summed E-state index contributed by atoms with van der Waals surface area (Å²) in [4.78, 5) is 0. The standard InChI is InChI=1S/C14H19FO3S/c1-19(17,18)13-7-3-5-11(9-13)14(16)10-4-2-6-12(15)8-10/h2,4,6,8,11,13-14,16H,3,5,7,9H2,1H3. The topological polar surface area (TPSA) is 54.4 Å². The van der Waals surface area contributed by atoms with Crippen LogP contribution in [0.5, 0.6) is 0 Å². The van der Waals surface area contributed by atoms with Crippen LogP contribution in [0.4, 0.5) is 4.39 Å². The number of hydrogen-bond acceptors (Lipinski definition) is 3. The van der Waals surface area contributed by atoms with Gasteiger partial charge in [0.25, 0.3) is 0 Å². The summed E-state index contributed by atoms with van der Waals surface area (Å²) in [7, 11) is -3.07. The molecule has 3 atom stereocenters. The lowest BCUT2D eigenvalue weighted by molar-refractivity contribution is 0.0854. The van der Waals surface area contributed by atoms with Gasteiger partial charge in [-0.3, -0.25) is 0 Å². The summed E-state index contributed by atoms with van der Waals surface area (Å²) >= 11 is 0. The molecular weight excluding hydrogens is 267 g/mol. The van der Waals surface area contributed by atoms with E-state index in [1.165, 1.54) is 18.4 Å². The zero-order chi connectivity index (χ0) is 14.0. The summed E-state index contributed by atoms with van der Waals surface area (Å²) in [6.45, 7) is 0. The van der Waals surface area contributed by atoms with Crippen molar-refractivity contribution in [3.05, 3.63) is 35.6 Å². The molecule has 1 fully saturated rings. The minimum atomic E-state index is -3.07. The fraction of sp³-hybridized carbons (Fsp3) is 0.571. The van der Waals surface area contributed by atoms with Crippen LogP contribution in [0.2, 0.25) is 0 Å². The van der Waals surface area contributed by atoms with Crippen LogP contribution in [0.3, 0.4) is 0 Å². The molecule has 1 N–H and O–H groups in total. The van der Waals surface area contributed by atoms with Gasteiger partial charge in [0.1, 0.15) is 15.7 Å². The smallest absolute Gasteiger partial charge is 0.150 e. The highest BCUT2D eigenvalue weighted by atomic mass is 32.2. The van der Waals surface area contributed by atoms with Gasteiger partial charge in [-0.25, -0.2) is 12.8 Å². The Balaban J connectivity index is 2.13. The second-order valence-corrected chi connectivity index (χ2v) is 7.70. The van der Waals surface area contributed by atoms with Gasteiger partial charge < -0.3 is 5.11 Å². The fourth-order valence-corrected chi connectivity index (χ4v) is 4.01. The Morgan fingerprint density at radius 2 is 2.11 bits per heavy atom. The van der Waals surface area contributed by atoms with Crippen molar-refractivity contribution in [3.8, 4) is 0 Å². The summed E-state index contributed by atoms with van der Waals surface area (Å²) in [6, 6.07) is 5.88. The predicted octanol–water partition coefficient (Wildman–Crippen LogP) is 2.46.